The molecule has 2 atom stereocenters. The lowest BCUT2D eigenvalue weighted by atomic mass is 9.95. The third kappa shape index (κ3) is 3.85. The molecular weight excluding hydrogens is 288 g/mol. The van der Waals surface area contributed by atoms with Crippen LogP contribution in [0.2, 0.25) is 0 Å². The first-order chi connectivity index (χ1) is 11.1. The standard InChI is InChI=1S/C18H24N4O/c1-12(2)16-9-20-13(3)21-18(16)22-17-11-23-10-15(17)8-14-4-6-19-7-5-14/h4-7,9,12,15,17H,8,10-11H2,1-3H3,(H,20,21,22)/t15-,17+/m1/s1. The zero-order valence-electron chi connectivity index (χ0n) is 14.0. The van der Waals surface area contributed by atoms with Gasteiger partial charge >= 0.3 is 0 Å². The van der Waals surface area contributed by atoms with E-state index in [2.05, 4.69) is 46.2 Å². The minimum atomic E-state index is 0.273. The first-order valence-corrected chi connectivity index (χ1v) is 8.20. The second-order valence-corrected chi connectivity index (χ2v) is 6.48. The van der Waals surface area contributed by atoms with Gasteiger partial charge in [0.1, 0.15) is 11.6 Å². The van der Waals surface area contributed by atoms with Gasteiger partial charge in [-0.05, 0) is 37.0 Å². The van der Waals surface area contributed by atoms with Crippen molar-refractivity contribution in [3.05, 3.63) is 47.7 Å². The Bertz CT molecular complexity index is 645. The number of ether oxygens (including phenoxy) is 1. The van der Waals surface area contributed by atoms with E-state index in [0.29, 0.717) is 11.8 Å². The summed E-state index contributed by atoms with van der Waals surface area (Å²) in [4.78, 5) is 13.0. The molecule has 2 aromatic heterocycles. The van der Waals surface area contributed by atoms with Gasteiger partial charge < -0.3 is 10.1 Å². The number of rotatable bonds is 5. The van der Waals surface area contributed by atoms with Gasteiger partial charge in [0.25, 0.3) is 0 Å². The molecule has 1 N–H and O–H groups in total. The molecule has 2 aromatic rings. The molecular formula is C18H24N4O. The van der Waals surface area contributed by atoms with Crippen LogP contribution in [-0.2, 0) is 11.2 Å². The number of nitrogens with one attached hydrogen (secondary N) is 1. The Balaban J connectivity index is 1.75. The highest BCUT2D eigenvalue weighted by atomic mass is 16.5. The fourth-order valence-corrected chi connectivity index (χ4v) is 2.97. The highest BCUT2D eigenvalue weighted by Crippen LogP contribution is 2.26. The quantitative estimate of drug-likeness (QED) is 0.920. The number of nitrogens with zero attached hydrogens (tertiary/aromatic N) is 3. The lowest BCUT2D eigenvalue weighted by Gasteiger charge is -2.22. The van der Waals surface area contributed by atoms with E-state index in [1.54, 1.807) is 0 Å². The number of aryl methyl sites for hydroxylation is 1. The van der Waals surface area contributed by atoms with Gasteiger partial charge in [-0.15, -0.1) is 0 Å². The molecule has 0 radical (unpaired) electrons. The van der Waals surface area contributed by atoms with E-state index >= 15 is 0 Å². The van der Waals surface area contributed by atoms with Crippen molar-refractivity contribution >= 4 is 5.82 Å². The summed E-state index contributed by atoms with van der Waals surface area (Å²) >= 11 is 0. The van der Waals surface area contributed by atoms with Crippen LogP contribution in [0.4, 0.5) is 5.82 Å². The molecule has 1 saturated heterocycles. The summed E-state index contributed by atoms with van der Waals surface area (Å²) in [6.07, 6.45) is 6.61. The number of hydrogen-bond acceptors (Lipinski definition) is 5. The lowest BCUT2D eigenvalue weighted by Crippen LogP contribution is -2.30. The van der Waals surface area contributed by atoms with Gasteiger partial charge in [-0.1, -0.05) is 13.8 Å². The van der Waals surface area contributed by atoms with E-state index in [1.807, 2.05) is 25.5 Å². The van der Waals surface area contributed by atoms with E-state index in [1.165, 1.54) is 5.56 Å². The molecule has 0 amide bonds. The molecule has 0 aliphatic carbocycles. The third-order valence-electron chi connectivity index (χ3n) is 4.33. The summed E-state index contributed by atoms with van der Waals surface area (Å²) in [5, 5.41) is 3.61. The number of pyridine rings is 1. The third-order valence-corrected chi connectivity index (χ3v) is 4.33. The topological polar surface area (TPSA) is 59.9 Å². The molecule has 3 rings (SSSR count). The molecule has 0 bridgehead atoms. The van der Waals surface area contributed by atoms with Crippen LogP contribution in [0.5, 0.6) is 0 Å². The first-order valence-electron chi connectivity index (χ1n) is 8.20. The molecule has 0 aromatic carbocycles. The van der Waals surface area contributed by atoms with Gasteiger partial charge in [0.15, 0.2) is 0 Å². The fourth-order valence-electron chi connectivity index (χ4n) is 2.97. The van der Waals surface area contributed by atoms with E-state index < -0.39 is 0 Å². The molecule has 3 heterocycles. The maximum atomic E-state index is 5.72. The summed E-state index contributed by atoms with van der Waals surface area (Å²) < 4.78 is 5.72. The average Bonchev–Trinajstić information content (AvgIpc) is 2.95. The molecule has 23 heavy (non-hydrogen) atoms. The zero-order valence-corrected chi connectivity index (χ0v) is 14.0. The van der Waals surface area contributed by atoms with Crippen LogP contribution in [0.3, 0.4) is 0 Å². The summed E-state index contributed by atoms with van der Waals surface area (Å²) in [7, 11) is 0. The zero-order chi connectivity index (χ0) is 16.2. The van der Waals surface area contributed by atoms with Crippen molar-refractivity contribution in [2.24, 2.45) is 5.92 Å². The van der Waals surface area contributed by atoms with Crippen molar-refractivity contribution in [1.29, 1.82) is 0 Å². The Hall–Kier alpha value is -2.01. The van der Waals surface area contributed by atoms with Crippen LogP contribution in [0.1, 0.15) is 36.7 Å². The van der Waals surface area contributed by atoms with Crippen molar-refractivity contribution in [3.63, 3.8) is 0 Å². The monoisotopic (exact) mass is 312 g/mol. The maximum absolute atomic E-state index is 5.72. The van der Waals surface area contributed by atoms with Gasteiger partial charge in [0, 0.05) is 30.1 Å². The van der Waals surface area contributed by atoms with Gasteiger partial charge in [-0.3, -0.25) is 4.98 Å². The predicted molar refractivity (Wildman–Crippen MR) is 90.5 cm³/mol. The second kappa shape index (κ2) is 7.04. The number of hydrogen-bond donors (Lipinski definition) is 1. The molecule has 5 heteroatoms. The highest BCUT2D eigenvalue weighted by Gasteiger charge is 2.29. The Morgan fingerprint density at radius 3 is 2.78 bits per heavy atom. The van der Waals surface area contributed by atoms with Gasteiger partial charge in [0.2, 0.25) is 0 Å². The summed E-state index contributed by atoms with van der Waals surface area (Å²) in [6, 6.07) is 4.42. The Kier molecular flexibility index (Phi) is 4.86. The normalized spacial score (nSPS) is 20.9. The van der Waals surface area contributed by atoms with E-state index in [9.17, 15) is 0 Å². The average molecular weight is 312 g/mol. The summed E-state index contributed by atoms with van der Waals surface area (Å²) in [5.41, 5.74) is 2.45. The highest BCUT2D eigenvalue weighted by molar-refractivity contribution is 5.46. The van der Waals surface area contributed by atoms with Crippen LogP contribution >= 0.6 is 0 Å². The van der Waals surface area contributed by atoms with Crippen LogP contribution < -0.4 is 5.32 Å². The molecule has 0 spiro atoms. The Labute approximate surface area is 137 Å². The SMILES string of the molecule is Cc1ncc(C(C)C)c(N[C@H]2COC[C@H]2Cc2ccncc2)n1. The van der Waals surface area contributed by atoms with Crippen molar-refractivity contribution in [1.82, 2.24) is 15.0 Å². The van der Waals surface area contributed by atoms with Crippen LogP contribution in [0.15, 0.2) is 30.7 Å². The van der Waals surface area contributed by atoms with Gasteiger partial charge in [-0.2, -0.15) is 0 Å². The number of aromatic nitrogens is 3. The molecule has 5 nitrogen and oxygen atoms in total. The van der Waals surface area contributed by atoms with Crippen molar-refractivity contribution in [3.8, 4) is 0 Å². The molecule has 1 aliphatic heterocycles. The molecule has 0 saturated carbocycles. The second-order valence-electron chi connectivity index (χ2n) is 6.48. The molecule has 0 unspecified atom stereocenters. The predicted octanol–water partition coefficient (Wildman–Crippen LogP) is 2.97. The largest absolute Gasteiger partial charge is 0.379 e. The van der Waals surface area contributed by atoms with Crippen molar-refractivity contribution in [2.45, 2.75) is 39.2 Å². The first kappa shape index (κ1) is 15.9. The van der Waals surface area contributed by atoms with Crippen molar-refractivity contribution < 1.29 is 4.74 Å². The Morgan fingerprint density at radius 2 is 2.04 bits per heavy atom. The molecule has 122 valence electrons. The van der Waals surface area contributed by atoms with E-state index in [0.717, 1.165) is 36.8 Å². The summed E-state index contributed by atoms with van der Waals surface area (Å²) in [5.74, 6) is 2.57. The van der Waals surface area contributed by atoms with Crippen LogP contribution in [-0.4, -0.2) is 34.2 Å². The minimum absolute atomic E-state index is 0.273. The molecule has 1 fully saturated rings. The minimum Gasteiger partial charge on any atom is -0.379 e. The Morgan fingerprint density at radius 1 is 1.26 bits per heavy atom. The summed E-state index contributed by atoms with van der Waals surface area (Å²) in [6.45, 7) is 7.75. The van der Waals surface area contributed by atoms with Gasteiger partial charge in [-0.25, -0.2) is 9.97 Å². The lowest BCUT2D eigenvalue weighted by molar-refractivity contribution is 0.185. The smallest absolute Gasteiger partial charge is 0.133 e. The van der Waals surface area contributed by atoms with Crippen LogP contribution in [0.25, 0.3) is 0 Å². The maximum Gasteiger partial charge on any atom is 0.133 e. The van der Waals surface area contributed by atoms with Crippen molar-refractivity contribution in [2.75, 3.05) is 18.5 Å². The molecule has 1 aliphatic rings. The number of anilines is 1. The van der Waals surface area contributed by atoms with E-state index in [4.69, 9.17) is 4.74 Å². The van der Waals surface area contributed by atoms with Crippen LogP contribution in [0, 0.1) is 12.8 Å². The van der Waals surface area contributed by atoms with E-state index in [-0.39, 0.29) is 6.04 Å². The fraction of sp³-hybridized carbons (Fsp3) is 0.500. The van der Waals surface area contributed by atoms with Gasteiger partial charge in [0.05, 0.1) is 19.3 Å².